The zero-order valence-corrected chi connectivity index (χ0v) is 16.1. The average Bonchev–Trinajstić information content (AvgIpc) is 2.77. The monoisotopic (exact) mass is 376 g/mol. The van der Waals surface area contributed by atoms with E-state index in [0.29, 0.717) is 12.1 Å². The number of pyridine rings is 2. The van der Waals surface area contributed by atoms with Crippen LogP contribution in [0.25, 0.3) is 0 Å². The Bertz CT molecular complexity index is 898. The van der Waals surface area contributed by atoms with Gasteiger partial charge < -0.3 is 15.0 Å². The number of aromatic nitrogens is 2. The predicted molar refractivity (Wildman–Crippen MR) is 110 cm³/mol. The number of likely N-dealkylation sites (N-methyl/N-ethyl adjacent to an activating group) is 1. The van der Waals surface area contributed by atoms with Gasteiger partial charge in [-0.05, 0) is 53.9 Å². The highest BCUT2D eigenvalue weighted by molar-refractivity contribution is 5.94. The molecule has 0 atom stereocenters. The number of benzene rings is 1. The van der Waals surface area contributed by atoms with E-state index in [1.54, 1.807) is 31.8 Å². The summed E-state index contributed by atoms with van der Waals surface area (Å²) in [6.45, 7) is 1.26. The van der Waals surface area contributed by atoms with Crippen LogP contribution in [0, 0.1) is 0 Å². The van der Waals surface area contributed by atoms with Gasteiger partial charge in [-0.2, -0.15) is 0 Å². The lowest BCUT2D eigenvalue weighted by atomic mass is 10.2. The van der Waals surface area contributed by atoms with Crippen LogP contribution in [-0.2, 0) is 13.0 Å². The van der Waals surface area contributed by atoms with E-state index < -0.39 is 0 Å². The number of amides is 1. The van der Waals surface area contributed by atoms with Crippen LogP contribution in [-0.4, -0.2) is 36.6 Å². The second-order valence-electron chi connectivity index (χ2n) is 6.46. The molecule has 28 heavy (non-hydrogen) atoms. The smallest absolute Gasteiger partial charge is 0.251 e. The summed E-state index contributed by atoms with van der Waals surface area (Å²) in [6.07, 6.45) is 6.14. The molecule has 1 N–H and O–H groups in total. The third kappa shape index (κ3) is 5.30. The van der Waals surface area contributed by atoms with Crippen molar-refractivity contribution in [2.24, 2.45) is 0 Å². The van der Waals surface area contributed by atoms with Crippen molar-refractivity contribution < 1.29 is 9.53 Å². The maximum Gasteiger partial charge on any atom is 0.251 e. The number of hydrogen-bond donors (Lipinski definition) is 1. The number of nitrogens with zero attached hydrogens (tertiary/aromatic N) is 3. The lowest BCUT2D eigenvalue weighted by Crippen LogP contribution is -2.25. The molecule has 0 aliphatic rings. The molecule has 0 bridgehead atoms. The van der Waals surface area contributed by atoms with Gasteiger partial charge in [0, 0.05) is 44.3 Å². The van der Waals surface area contributed by atoms with E-state index in [4.69, 9.17) is 4.74 Å². The quantitative estimate of drug-likeness (QED) is 0.654. The van der Waals surface area contributed by atoms with E-state index >= 15 is 0 Å². The molecule has 1 aromatic carbocycles. The summed E-state index contributed by atoms with van der Waals surface area (Å²) in [4.78, 5) is 23.0. The maximum absolute atomic E-state index is 12.5. The summed E-state index contributed by atoms with van der Waals surface area (Å²) in [5, 5.41) is 2.94. The predicted octanol–water partition coefficient (Wildman–Crippen LogP) is 3.09. The van der Waals surface area contributed by atoms with Gasteiger partial charge in [0.25, 0.3) is 5.91 Å². The summed E-state index contributed by atoms with van der Waals surface area (Å²) in [6, 6.07) is 15.2. The van der Waals surface area contributed by atoms with Gasteiger partial charge in [0.1, 0.15) is 11.6 Å². The van der Waals surface area contributed by atoms with Gasteiger partial charge in [0.15, 0.2) is 0 Å². The Hall–Kier alpha value is -3.41. The molecule has 6 heteroatoms. The second-order valence-corrected chi connectivity index (χ2v) is 6.46. The summed E-state index contributed by atoms with van der Waals surface area (Å²) in [5.74, 6) is 1.44. The fourth-order valence-electron chi connectivity index (χ4n) is 2.76. The first-order valence-corrected chi connectivity index (χ1v) is 9.13. The van der Waals surface area contributed by atoms with Crippen LogP contribution in [0.4, 0.5) is 5.82 Å². The molecule has 2 heterocycles. The van der Waals surface area contributed by atoms with Gasteiger partial charge >= 0.3 is 0 Å². The van der Waals surface area contributed by atoms with Crippen molar-refractivity contribution in [3.63, 3.8) is 0 Å². The van der Waals surface area contributed by atoms with Crippen molar-refractivity contribution in [2.45, 2.75) is 13.0 Å². The van der Waals surface area contributed by atoms with Crippen molar-refractivity contribution in [3.05, 3.63) is 83.8 Å². The van der Waals surface area contributed by atoms with Gasteiger partial charge in [0.2, 0.25) is 0 Å². The molecule has 2 aromatic heterocycles. The number of methoxy groups -OCH3 is 1. The van der Waals surface area contributed by atoms with Crippen LogP contribution in [0.3, 0.4) is 0 Å². The van der Waals surface area contributed by atoms with Crippen molar-refractivity contribution in [1.29, 1.82) is 0 Å². The number of anilines is 1. The van der Waals surface area contributed by atoms with Gasteiger partial charge in [-0.1, -0.05) is 12.1 Å². The van der Waals surface area contributed by atoms with E-state index in [1.165, 1.54) is 5.56 Å². The SMILES string of the molecule is COc1ccc(CNC(=O)c2ccnc(N(C)CCc3ccncc3)c2)cc1. The molecule has 1 amide bonds. The largest absolute Gasteiger partial charge is 0.497 e. The van der Waals surface area contributed by atoms with Gasteiger partial charge in [-0.3, -0.25) is 9.78 Å². The summed E-state index contributed by atoms with van der Waals surface area (Å²) in [5.41, 5.74) is 2.82. The molecule has 3 aromatic rings. The Morgan fingerprint density at radius 1 is 1.04 bits per heavy atom. The Kier molecular flexibility index (Phi) is 6.57. The summed E-state index contributed by atoms with van der Waals surface area (Å²) in [7, 11) is 3.61. The lowest BCUT2D eigenvalue weighted by Gasteiger charge is -2.18. The molecular formula is C22H24N4O2. The topological polar surface area (TPSA) is 67.3 Å². The number of rotatable bonds is 8. The summed E-state index contributed by atoms with van der Waals surface area (Å²) >= 11 is 0. The van der Waals surface area contributed by atoms with Crippen LogP contribution in [0.5, 0.6) is 5.75 Å². The van der Waals surface area contributed by atoms with Crippen molar-refractivity contribution in [1.82, 2.24) is 15.3 Å². The van der Waals surface area contributed by atoms with E-state index in [9.17, 15) is 4.79 Å². The summed E-state index contributed by atoms with van der Waals surface area (Å²) < 4.78 is 5.15. The minimum atomic E-state index is -0.123. The minimum absolute atomic E-state index is 0.123. The lowest BCUT2D eigenvalue weighted by molar-refractivity contribution is 0.0951. The molecule has 0 aliphatic carbocycles. The molecule has 144 valence electrons. The van der Waals surface area contributed by atoms with Crippen LogP contribution >= 0.6 is 0 Å². The third-order valence-electron chi connectivity index (χ3n) is 4.50. The zero-order valence-electron chi connectivity index (χ0n) is 16.1. The minimum Gasteiger partial charge on any atom is -0.497 e. The third-order valence-corrected chi connectivity index (χ3v) is 4.50. The molecule has 0 spiro atoms. The second kappa shape index (κ2) is 9.50. The molecule has 3 rings (SSSR count). The number of carbonyl (C=O) groups is 1. The fourth-order valence-corrected chi connectivity index (χ4v) is 2.76. The van der Waals surface area contributed by atoms with Crippen molar-refractivity contribution >= 4 is 11.7 Å². The average molecular weight is 376 g/mol. The first-order valence-electron chi connectivity index (χ1n) is 9.13. The Labute approximate surface area is 165 Å². The highest BCUT2D eigenvalue weighted by atomic mass is 16.5. The van der Waals surface area contributed by atoms with Crippen LogP contribution in [0.2, 0.25) is 0 Å². The molecular weight excluding hydrogens is 352 g/mol. The Morgan fingerprint density at radius 3 is 2.50 bits per heavy atom. The zero-order chi connectivity index (χ0) is 19.8. The van der Waals surface area contributed by atoms with Gasteiger partial charge in [-0.25, -0.2) is 4.98 Å². The number of ether oxygens (including phenoxy) is 1. The number of hydrogen-bond acceptors (Lipinski definition) is 5. The standard InChI is InChI=1S/C22H24N4O2/c1-26(14-10-17-7-11-23-12-8-17)21-15-19(9-13-24-21)22(27)25-16-18-3-5-20(28-2)6-4-18/h3-9,11-13,15H,10,14,16H2,1-2H3,(H,25,27). The molecule has 0 unspecified atom stereocenters. The van der Waals surface area contributed by atoms with Crippen LogP contribution in [0.15, 0.2) is 67.1 Å². The van der Waals surface area contributed by atoms with Gasteiger partial charge in [0.05, 0.1) is 7.11 Å². The van der Waals surface area contributed by atoms with Crippen LogP contribution < -0.4 is 15.0 Å². The molecule has 0 radical (unpaired) electrons. The number of carbonyl (C=O) groups excluding carboxylic acids is 1. The molecule has 0 saturated heterocycles. The molecule has 0 saturated carbocycles. The highest BCUT2D eigenvalue weighted by Gasteiger charge is 2.09. The van der Waals surface area contributed by atoms with E-state index in [2.05, 4.69) is 15.3 Å². The first kappa shape index (κ1) is 19.4. The van der Waals surface area contributed by atoms with Crippen molar-refractivity contribution in [2.75, 3.05) is 25.6 Å². The molecule has 6 nitrogen and oxygen atoms in total. The fraction of sp³-hybridized carbons (Fsp3) is 0.227. The maximum atomic E-state index is 12.5. The van der Waals surface area contributed by atoms with Gasteiger partial charge in [-0.15, -0.1) is 0 Å². The van der Waals surface area contributed by atoms with Crippen molar-refractivity contribution in [3.8, 4) is 5.75 Å². The van der Waals surface area contributed by atoms with E-state index in [1.807, 2.05) is 54.4 Å². The van der Waals surface area contributed by atoms with Crippen LogP contribution in [0.1, 0.15) is 21.5 Å². The number of nitrogens with one attached hydrogen (secondary N) is 1. The Morgan fingerprint density at radius 2 is 1.79 bits per heavy atom. The van der Waals surface area contributed by atoms with E-state index in [-0.39, 0.29) is 5.91 Å². The highest BCUT2D eigenvalue weighted by Crippen LogP contribution is 2.14. The molecule has 0 aliphatic heterocycles. The normalized spacial score (nSPS) is 10.4. The van der Waals surface area contributed by atoms with E-state index in [0.717, 1.165) is 30.1 Å². The Balaban J connectivity index is 1.57. The first-order chi connectivity index (χ1) is 13.7. The molecule has 0 fully saturated rings.